The molecule has 0 aliphatic heterocycles. The number of hydrogen-bond acceptors (Lipinski definition) is 1. The molecule has 0 bridgehead atoms. The van der Waals surface area contributed by atoms with Crippen LogP contribution in [-0.2, 0) is 70.8 Å². The molecule has 1 heterocycles. The van der Waals surface area contributed by atoms with Gasteiger partial charge in [-0.15, -0.1) is 0 Å². The molecule has 2 radical (unpaired) electrons. The molecular formula is C28H34OY2-2. The molecule has 1 aliphatic rings. The Bertz CT molecular complexity index is 1090. The van der Waals surface area contributed by atoms with Crippen LogP contribution >= 0.6 is 0 Å². The van der Waals surface area contributed by atoms with Crippen LogP contribution in [0.2, 0.25) is 0 Å². The van der Waals surface area contributed by atoms with Gasteiger partial charge in [-0.2, -0.15) is 6.92 Å². The standard InChI is InChI=1S/C21H16O.C4H10.C2H5.CH3.2Y/c1-21(2)17-10-6-5-9-15(17)20-18(21)16-12-11-13-7-3-4-8-14(13)19(16)22-20;1-3-4-2;1-2;;;/h3-12H,1-2H3;3-4H2,1-2H3;1H2,2H3;1H3;;/q;;2*-1;;. The van der Waals surface area contributed by atoms with Gasteiger partial charge in [0.25, 0.3) is 0 Å². The second kappa shape index (κ2) is 13.4. The molecule has 0 saturated carbocycles. The number of furan rings is 1. The molecule has 0 fully saturated rings. The Morgan fingerprint density at radius 1 is 0.774 bits per heavy atom. The minimum atomic E-state index is -0.0143. The van der Waals surface area contributed by atoms with Gasteiger partial charge in [-0.3, -0.25) is 0 Å². The van der Waals surface area contributed by atoms with Crippen molar-refractivity contribution in [3.05, 3.63) is 86.1 Å². The van der Waals surface area contributed by atoms with Gasteiger partial charge in [0.15, 0.2) is 0 Å². The molecule has 0 saturated heterocycles. The number of benzene rings is 3. The van der Waals surface area contributed by atoms with Gasteiger partial charge in [0.2, 0.25) is 0 Å². The van der Waals surface area contributed by atoms with Gasteiger partial charge in [0, 0.05) is 92.7 Å². The first-order valence-corrected chi connectivity index (χ1v) is 10.3. The predicted octanol–water partition coefficient (Wildman–Crippen LogP) is 8.98. The van der Waals surface area contributed by atoms with Gasteiger partial charge in [0.1, 0.15) is 11.3 Å². The smallest absolute Gasteiger partial charge is 0.142 e. The minimum absolute atomic E-state index is 0. The molecule has 5 rings (SSSR count). The zero-order valence-electron chi connectivity index (χ0n) is 20.0. The molecule has 0 spiro atoms. The zero-order chi connectivity index (χ0) is 20.3. The summed E-state index contributed by atoms with van der Waals surface area (Å²) in [6.07, 6.45) is 2.64. The first-order chi connectivity index (χ1) is 13.6. The second-order valence-electron chi connectivity index (χ2n) is 7.64. The Morgan fingerprint density at radius 3 is 2.00 bits per heavy atom. The van der Waals surface area contributed by atoms with E-state index in [9.17, 15) is 0 Å². The minimum Gasteiger partial charge on any atom is -0.455 e. The van der Waals surface area contributed by atoms with Gasteiger partial charge in [-0.25, -0.2) is 0 Å². The largest absolute Gasteiger partial charge is 0.455 e. The number of fused-ring (bicyclic) bond motifs is 7. The van der Waals surface area contributed by atoms with Crippen LogP contribution in [0.25, 0.3) is 33.1 Å². The molecule has 0 N–H and O–H groups in total. The first kappa shape index (κ1) is 30.7. The van der Waals surface area contributed by atoms with Crippen molar-refractivity contribution >= 4 is 21.7 Å². The Balaban J connectivity index is 0.000000910. The van der Waals surface area contributed by atoms with Gasteiger partial charge in [0.05, 0.1) is 0 Å². The van der Waals surface area contributed by atoms with Crippen molar-refractivity contribution in [2.75, 3.05) is 0 Å². The van der Waals surface area contributed by atoms with Gasteiger partial charge < -0.3 is 18.8 Å². The van der Waals surface area contributed by atoms with E-state index in [0.717, 1.165) is 11.3 Å². The van der Waals surface area contributed by atoms with E-state index in [4.69, 9.17) is 4.42 Å². The van der Waals surface area contributed by atoms with Crippen molar-refractivity contribution in [2.45, 2.75) is 52.9 Å². The van der Waals surface area contributed by atoms with Gasteiger partial charge in [-0.1, -0.05) is 101 Å². The van der Waals surface area contributed by atoms with E-state index in [1.807, 2.05) is 0 Å². The Morgan fingerprint density at radius 2 is 1.35 bits per heavy atom. The van der Waals surface area contributed by atoms with E-state index < -0.39 is 0 Å². The van der Waals surface area contributed by atoms with Crippen LogP contribution in [0, 0.1) is 14.4 Å². The van der Waals surface area contributed by atoms with Crippen LogP contribution in [0.15, 0.2) is 65.1 Å². The summed E-state index contributed by atoms with van der Waals surface area (Å²) in [5, 5.41) is 3.67. The second-order valence-corrected chi connectivity index (χ2v) is 7.64. The molecule has 1 aliphatic carbocycles. The maximum absolute atomic E-state index is 6.39. The molecule has 0 amide bonds. The number of rotatable bonds is 1. The summed E-state index contributed by atoms with van der Waals surface area (Å²) in [5.74, 6) is 1.05. The van der Waals surface area contributed by atoms with Crippen molar-refractivity contribution in [1.82, 2.24) is 0 Å². The molecule has 0 atom stereocenters. The van der Waals surface area contributed by atoms with E-state index in [1.165, 1.54) is 45.7 Å². The van der Waals surface area contributed by atoms with Gasteiger partial charge in [-0.05, 0) is 10.9 Å². The fourth-order valence-electron chi connectivity index (χ4n) is 4.00. The van der Waals surface area contributed by atoms with Crippen LogP contribution in [0.5, 0.6) is 0 Å². The molecule has 4 aromatic rings. The van der Waals surface area contributed by atoms with Crippen molar-refractivity contribution in [2.24, 2.45) is 0 Å². The summed E-state index contributed by atoms with van der Waals surface area (Å²) in [7, 11) is 0. The number of unbranched alkanes of at least 4 members (excludes halogenated alkanes) is 1. The van der Waals surface area contributed by atoms with Gasteiger partial charge >= 0.3 is 0 Å². The Labute approximate surface area is 239 Å². The van der Waals surface area contributed by atoms with Crippen molar-refractivity contribution in [3.8, 4) is 11.3 Å². The van der Waals surface area contributed by atoms with E-state index in [2.05, 4.69) is 95.3 Å². The van der Waals surface area contributed by atoms with Crippen molar-refractivity contribution in [1.29, 1.82) is 0 Å². The van der Waals surface area contributed by atoms with Crippen LogP contribution in [0.4, 0.5) is 0 Å². The third kappa shape index (κ3) is 5.60. The zero-order valence-corrected chi connectivity index (χ0v) is 25.6. The van der Waals surface area contributed by atoms with E-state index in [0.29, 0.717) is 0 Å². The quantitative estimate of drug-likeness (QED) is 0.211. The maximum Gasteiger partial charge on any atom is 0.142 e. The van der Waals surface area contributed by atoms with E-state index in [-0.39, 0.29) is 78.3 Å². The number of hydrogen-bond donors (Lipinski definition) is 0. The SMILES string of the molecule is CC1(C)c2ccccc2-c2oc3c(ccc4ccccc43)c21.CCCC.[CH2-]C.[CH3-].[Y].[Y]. The van der Waals surface area contributed by atoms with E-state index in [1.54, 1.807) is 6.92 Å². The summed E-state index contributed by atoms with van der Waals surface area (Å²) in [4.78, 5) is 0. The average molecular weight is 564 g/mol. The normalized spacial score (nSPS) is 11.9. The van der Waals surface area contributed by atoms with Crippen molar-refractivity contribution < 1.29 is 69.8 Å². The van der Waals surface area contributed by atoms with E-state index >= 15 is 0 Å². The summed E-state index contributed by atoms with van der Waals surface area (Å²) in [5.41, 5.74) is 4.93. The van der Waals surface area contributed by atoms with Crippen LogP contribution < -0.4 is 0 Å². The molecule has 31 heavy (non-hydrogen) atoms. The molecular weight excluding hydrogens is 530 g/mol. The summed E-state index contributed by atoms with van der Waals surface area (Å²) < 4.78 is 6.39. The molecule has 1 aromatic heterocycles. The van der Waals surface area contributed by atoms with Crippen LogP contribution in [-0.4, -0.2) is 0 Å². The topological polar surface area (TPSA) is 13.1 Å². The summed E-state index contributed by atoms with van der Waals surface area (Å²) in [6, 6.07) is 21.5. The fraction of sp³-hybridized carbons (Fsp3) is 0.286. The third-order valence-electron chi connectivity index (χ3n) is 5.55. The predicted molar refractivity (Wildman–Crippen MR) is 129 cm³/mol. The maximum atomic E-state index is 6.39. The van der Waals surface area contributed by atoms with Crippen molar-refractivity contribution in [3.63, 3.8) is 0 Å². The van der Waals surface area contributed by atoms with Crippen LogP contribution in [0.1, 0.15) is 58.6 Å². The molecule has 3 aromatic carbocycles. The molecule has 1 nitrogen and oxygen atoms in total. The fourth-order valence-corrected chi connectivity index (χ4v) is 4.00. The Hall–Kier alpha value is -0.332. The molecule has 0 unspecified atom stereocenters. The monoisotopic (exact) mass is 564 g/mol. The molecule has 160 valence electrons. The third-order valence-corrected chi connectivity index (χ3v) is 5.55. The summed E-state index contributed by atoms with van der Waals surface area (Å²) >= 11 is 0. The first-order valence-electron chi connectivity index (χ1n) is 10.3. The summed E-state index contributed by atoms with van der Waals surface area (Å²) in [6.45, 7) is 13.9. The average Bonchev–Trinajstić information content (AvgIpc) is 3.25. The van der Waals surface area contributed by atoms with Crippen LogP contribution in [0.3, 0.4) is 0 Å². The molecule has 3 heteroatoms. The Kier molecular flexibility index (Phi) is 13.2.